The highest BCUT2D eigenvalue weighted by Crippen LogP contribution is 2.35. The monoisotopic (exact) mass is 586 g/mol. The first kappa shape index (κ1) is 29.6. The van der Waals surface area contributed by atoms with Gasteiger partial charge in [-0.2, -0.15) is 0 Å². The number of carbonyl (C=O) groups excluding carboxylic acids is 2. The third-order valence-corrected chi connectivity index (χ3v) is 6.66. The summed E-state index contributed by atoms with van der Waals surface area (Å²) in [5.74, 6) is -1.19. The minimum Gasteiger partial charge on any atom is -0.381 e. The fourth-order valence-electron chi connectivity index (χ4n) is 4.35. The Labute approximate surface area is 238 Å². The van der Waals surface area contributed by atoms with Crippen LogP contribution in [0, 0.1) is 24.1 Å². The molecular weight excluding hydrogens is 561 g/mol. The number of halogens is 4. The summed E-state index contributed by atoms with van der Waals surface area (Å²) in [6.45, 7) is 6.15. The van der Waals surface area contributed by atoms with E-state index in [0.29, 0.717) is 30.2 Å². The maximum Gasteiger partial charge on any atom is 0.275 e. The number of hydrogen-bond donors (Lipinski definition) is 3. The Morgan fingerprint density at radius 2 is 2.00 bits per heavy atom. The molecule has 0 radical (unpaired) electrons. The van der Waals surface area contributed by atoms with Crippen LogP contribution < -0.4 is 15.5 Å². The highest BCUT2D eigenvalue weighted by molar-refractivity contribution is 6.31. The molecule has 214 valence electrons. The smallest absolute Gasteiger partial charge is 0.275 e. The molecule has 1 aliphatic heterocycles. The molecule has 0 aliphatic carbocycles. The third-order valence-electron chi connectivity index (χ3n) is 6.36. The van der Waals surface area contributed by atoms with Crippen molar-refractivity contribution in [2.45, 2.75) is 39.7 Å². The van der Waals surface area contributed by atoms with Gasteiger partial charge in [0.05, 0.1) is 52.4 Å². The maximum atomic E-state index is 14.7. The van der Waals surface area contributed by atoms with Gasteiger partial charge in [-0.05, 0) is 25.8 Å². The predicted octanol–water partition coefficient (Wildman–Crippen LogP) is 4.92. The summed E-state index contributed by atoms with van der Waals surface area (Å²) in [5, 5.41) is 12.8. The summed E-state index contributed by atoms with van der Waals surface area (Å²) in [4.78, 5) is 43.5. The van der Waals surface area contributed by atoms with Crippen LogP contribution in [0.3, 0.4) is 0 Å². The molecule has 2 atom stereocenters. The molecule has 1 aliphatic rings. The first-order valence-corrected chi connectivity index (χ1v) is 12.9. The molecule has 1 saturated heterocycles. The molecule has 1 unspecified atom stereocenters. The van der Waals surface area contributed by atoms with Crippen molar-refractivity contribution in [1.82, 2.24) is 30.6 Å². The molecule has 0 spiro atoms. The van der Waals surface area contributed by atoms with Gasteiger partial charge in [-0.3, -0.25) is 24.5 Å². The van der Waals surface area contributed by atoms with Crippen LogP contribution in [0.25, 0.3) is 11.3 Å². The Bertz CT molecular complexity index is 1530. The molecule has 3 heterocycles. The summed E-state index contributed by atoms with van der Waals surface area (Å²) in [6, 6.07) is 1.60. The number of benzene rings is 1. The highest BCUT2D eigenvalue weighted by atomic mass is 35.5. The number of rotatable bonds is 9. The molecule has 0 saturated carbocycles. The second-order valence-corrected chi connectivity index (χ2v) is 9.92. The largest absolute Gasteiger partial charge is 0.381 e. The second-order valence-electron chi connectivity index (χ2n) is 9.51. The van der Waals surface area contributed by atoms with E-state index in [-0.39, 0.29) is 33.9 Å². The van der Waals surface area contributed by atoms with Crippen molar-refractivity contribution in [2.75, 3.05) is 11.4 Å². The number of anilines is 1. The average molecular weight is 587 g/mol. The van der Waals surface area contributed by atoms with E-state index < -0.39 is 35.3 Å². The maximum absolute atomic E-state index is 14.7. The van der Waals surface area contributed by atoms with Crippen LogP contribution in [0.5, 0.6) is 0 Å². The number of alkyl halides is 2. The highest BCUT2D eigenvalue weighted by Gasteiger charge is 2.29. The van der Waals surface area contributed by atoms with E-state index in [4.69, 9.17) is 17.0 Å². The lowest BCUT2D eigenvalue weighted by molar-refractivity contribution is -0.117. The normalized spacial score (nSPS) is 16.2. The van der Waals surface area contributed by atoms with Gasteiger partial charge >= 0.3 is 0 Å². The Morgan fingerprint density at radius 1 is 1.24 bits per heavy atom. The van der Waals surface area contributed by atoms with Crippen LogP contribution in [0.1, 0.15) is 60.2 Å². The number of nitrogens with one attached hydrogen (secondary N) is 3. The molecular formula is C27H26ClF3N8O2. The van der Waals surface area contributed by atoms with Gasteiger partial charge in [-0.15, -0.1) is 0 Å². The van der Waals surface area contributed by atoms with E-state index >= 15 is 0 Å². The molecule has 1 aromatic carbocycles. The minimum atomic E-state index is -3.02. The van der Waals surface area contributed by atoms with Gasteiger partial charge < -0.3 is 16.0 Å². The SMILES string of the molecule is Cc1nc(N2C[C@@H](C)CC2=O)cnc1C(C)N/C=C(\C=N)NC(=O)c1cncc(-c2c(C(F)F)ccc(Cl)c2F)n1. The van der Waals surface area contributed by atoms with Crippen molar-refractivity contribution in [3.05, 3.63) is 76.1 Å². The molecule has 4 rings (SSSR count). The van der Waals surface area contributed by atoms with E-state index in [2.05, 4.69) is 30.6 Å². The van der Waals surface area contributed by atoms with E-state index in [0.717, 1.165) is 30.7 Å². The van der Waals surface area contributed by atoms with Crippen LogP contribution >= 0.6 is 11.6 Å². The zero-order valence-corrected chi connectivity index (χ0v) is 23.0. The van der Waals surface area contributed by atoms with Gasteiger partial charge in [-0.25, -0.2) is 23.1 Å². The zero-order chi connectivity index (χ0) is 29.8. The fourth-order valence-corrected chi connectivity index (χ4v) is 4.51. The van der Waals surface area contributed by atoms with Crippen molar-refractivity contribution in [2.24, 2.45) is 5.92 Å². The molecule has 1 fully saturated rings. The Kier molecular flexibility index (Phi) is 8.96. The summed E-state index contributed by atoms with van der Waals surface area (Å²) < 4.78 is 41.7. The van der Waals surface area contributed by atoms with Crippen LogP contribution in [0.2, 0.25) is 5.02 Å². The van der Waals surface area contributed by atoms with Gasteiger partial charge in [0.1, 0.15) is 5.69 Å². The number of carbonyl (C=O) groups is 2. The van der Waals surface area contributed by atoms with Gasteiger partial charge in [-0.1, -0.05) is 24.6 Å². The van der Waals surface area contributed by atoms with Gasteiger partial charge in [0, 0.05) is 36.5 Å². The Morgan fingerprint density at radius 3 is 2.63 bits per heavy atom. The first-order valence-electron chi connectivity index (χ1n) is 12.5. The molecule has 3 aromatic rings. The van der Waals surface area contributed by atoms with Crippen molar-refractivity contribution in [3.63, 3.8) is 0 Å². The summed E-state index contributed by atoms with van der Waals surface area (Å²) in [5.41, 5.74) is -0.572. The topological polar surface area (TPSA) is 137 Å². The van der Waals surface area contributed by atoms with Crippen LogP contribution in [0.4, 0.5) is 19.0 Å². The minimum absolute atomic E-state index is 0.00168. The molecule has 10 nitrogen and oxygen atoms in total. The number of aryl methyl sites for hydroxylation is 1. The van der Waals surface area contributed by atoms with E-state index in [1.807, 2.05) is 6.92 Å². The lowest BCUT2D eigenvalue weighted by Gasteiger charge is -2.19. The van der Waals surface area contributed by atoms with Gasteiger partial charge in [0.15, 0.2) is 11.6 Å². The number of hydrogen-bond acceptors (Lipinski definition) is 8. The van der Waals surface area contributed by atoms with Crippen molar-refractivity contribution in [3.8, 4) is 11.3 Å². The first-order chi connectivity index (χ1) is 19.5. The number of allylic oxidation sites excluding steroid dienone is 1. The zero-order valence-electron chi connectivity index (χ0n) is 22.3. The van der Waals surface area contributed by atoms with E-state index in [1.54, 1.807) is 18.7 Å². The lowest BCUT2D eigenvalue weighted by atomic mass is 10.0. The molecule has 2 aromatic heterocycles. The number of aromatic nitrogens is 4. The molecule has 14 heteroatoms. The molecule has 41 heavy (non-hydrogen) atoms. The summed E-state index contributed by atoms with van der Waals surface area (Å²) >= 11 is 5.78. The van der Waals surface area contributed by atoms with Crippen molar-refractivity contribution in [1.29, 1.82) is 5.41 Å². The van der Waals surface area contributed by atoms with E-state index in [9.17, 15) is 22.8 Å². The number of amides is 2. The van der Waals surface area contributed by atoms with Gasteiger partial charge in [0.2, 0.25) is 5.91 Å². The van der Waals surface area contributed by atoms with Crippen LogP contribution in [-0.2, 0) is 4.79 Å². The Balaban J connectivity index is 1.48. The summed E-state index contributed by atoms with van der Waals surface area (Å²) in [7, 11) is 0. The average Bonchev–Trinajstić information content (AvgIpc) is 3.29. The fraction of sp³-hybridized carbons (Fsp3) is 0.296. The van der Waals surface area contributed by atoms with E-state index in [1.165, 1.54) is 12.4 Å². The second kappa shape index (κ2) is 12.4. The summed E-state index contributed by atoms with van der Waals surface area (Å²) in [6.07, 6.45) is 3.35. The predicted molar refractivity (Wildman–Crippen MR) is 146 cm³/mol. The number of nitrogens with zero attached hydrogens (tertiary/aromatic N) is 5. The third kappa shape index (κ3) is 6.51. The molecule has 2 amide bonds. The van der Waals surface area contributed by atoms with Gasteiger partial charge in [0.25, 0.3) is 12.3 Å². The Hall–Kier alpha value is -4.39. The van der Waals surface area contributed by atoms with Crippen molar-refractivity contribution < 1.29 is 22.8 Å². The quantitative estimate of drug-likeness (QED) is 0.303. The van der Waals surface area contributed by atoms with Crippen LogP contribution in [-0.4, -0.2) is 44.5 Å². The molecule has 0 bridgehead atoms. The van der Waals surface area contributed by atoms with Crippen molar-refractivity contribution >= 4 is 35.4 Å². The standard InChI is InChI=1S/C27H26ClF3N8O2/c1-13-6-22(40)39(12-13)21-11-35-25(15(3)36-21)14(2)34-8-16(7-32)37-27(41)20-10-33-9-19(38-20)23-17(26(30)31)4-5-18(28)24(23)29/h4-5,7-11,13-14,26,32,34H,6,12H2,1-3H3,(H,37,41)/b16-8+,32-7?/t13-,14?/m0/s1. The van der Waals surface area contributed by atoms with Crippen LogP contribution in [0.15, 0.2) is 42.6 Å². The lowest BCUT2D eigenvalue weighted by Crippen LogP contribution is -2.28. The molecule has 3 N–H and O–H groups in total.